The normalized spacial score (nSPS) is 18.4. The Labute approximate surface area is 171 Å². The average Bonchev–Trinajstić information content (AvgIpc) is 3.40. The zero-order chi connectivity index (χ0) is 19.0. The summed E-state index contributed by atoms with van der Waals surface area (Å²) in [6, 6.07) is 0.989. The first kappa shape index (κ1) is 20.3. The number of nitrogens with zero attached hydrogens (tertiary/aromatic N) is 2. The van der Waals surface area contributed by atoms with Crippen LogP contribution in [0.25, 0.3) is 0 Å². The van der Waals surface area contributed by atoms with E-state index >= 15 is 0 Å². The van der Waals surface area contributed by atoms with E-state index in [9.17, 15) is 14.4 Å². The van der Waals surface area contributed by atoms with Gasteiger partial charge in [0.1, 0.15) is 11.0 Å². The highest BCUT2D eigenvalue weighted by Crippen LogP contribution is 2.32. The Hall–Kier alpha value is -2.43. The average molecular weight is 426 g/mol. The van der Waals surface area contributed by atoms with Crippen molar-refractivity contribution in [3.8, 4) is 0 Å². The molecule has 4 rings (SSSR count). The SMILES string of the molecule is COC(=O)c1ccsc1N1CCC(NC(=O)c2n[nH]c3c2CNCC3)C1=O.Cl. The number of aromatic nitrogens is 2. The molecule has 11 heteroatoms. The van der Waals surface area contributed by atoms with Gasteiger partial charge in [0.25, 0.3) is 5.91 Å². The van der Waals surface area contributed by atoms with Crippen LogP contribution in [0.2, 0.25) is 0 Å². The van der Waals surface area contributed by atoms with E-state index < -0.39 is 12.0 Å². The summed E-state index contributed by atoms with van der Waals surface area (Å²) in [5, 5.41) is 15.3. The highest BCUT2D eigenvalue weighted by atomic mass is 35.5. The van der Waals surface area contributed by atoms with Crippen molar-refractivity contribution >= 4 is 46.5 Å². The lowest BCUT2D eigenvalue weighted by molar-refractivity contribution is -0.118. The van der Waals surface area contributed by atoms with Crippen LogP contribution in [-0.4, -0.2) is 54.2 Å². The molecule has 150 valence electrons. The quantitative estimate of drug-likeness (QED) is 0.625. The Morgan fingerprint density at radius 2 is 2.25 bits per heavy atom. The number of fused-ring (bicyclic) bond motifs is 1. The lowest BCUT2D eigenvalue weighted by atomic mass is 10.1. The third-order valence-electron chi connectivity index (χ3n) is 4.83. The van der Waals surface area contributed by atoms with Crippen LogP contribution in [0.5, 0.6) is 0 Å². The lowest BCUT2D eigenvalue weighted by Crippen LogP contribution is -2.42. The van der Waals surface area contributed by atoms with Gasteiger partial charge in [-0.25, -0.2) is 4.79 Å². The smallest absolute Gasteiger partial charge is 0.340 e. The molecule has 28 heavy (non-hydrogen) atoms. The predicted octanol–water partition coefficient (Wildman–Crippen LogP) is 0.861. The van der Waals surface area contributed by atoms with Gasteiger partial charge in [0.05, 0.1) is 12.7 Å². The highest BCUT2D eigenvalue weighted by Gasteiger charge is 2.37. The molecule has 3 N–H and O–H groups in total. The number of rotatable bonds is 4. The number of amides is 2. The van der Waals surface area contributed by atoms with Crippen molar-refractivity contribution in [2.75, 3.05) is 25.1 Å². The molecule has 2 aliphatic heterocycles. The maximum atomic E-state index is 12.8. The first-order chi connectivity index (χ1) is 13.1. The van der Waals surface area contributed by atoms with Crippen molar-refractivity contribution in [1.82, 2.24) is 20.8 Å². The van der Waals surface area contributed by atoms with Crippen LogP contribution in [-0.2, 0) is 22.5 Å². The summed E-state index contributed by atoms with van der Waals surface area (Å²) in [6.07, 6.45) is 1.26. The first-order valence-electron chi connectivity index (χ1n) is 8.65. The van der Waals surface area contributed by atoms with Crippen molar-refractivity contribution in [1.29, 1.82) is 0 Å². The van der Waals surface area contributed by atoms with Gasteiger partial charge in [0.15, 0.2) is 5.69 Å². The predicted molar refractivity (Wildman–Crippen MR) is 105 cm³/mol. The van der Waals surface area contributed by atoms with Gasteiger partial charge >= 0.3 is 5.97 Å². The van der Waals surface area contributed by atoms with Crippen molar-refractivity contribution in [2.24, 2.45) is 0 Å². The second kappa shape index (κ2) is 8.29. The van der Waals surface area contributed by atoms with E-state index in [-0.39, 0.29) is 24.2 Å². The largest absolute Gasteiger partial charge is 0.465 e. The summed E-state index contributed by atoms with van der Waals surface area (Å²) in [7, 11) is 1.30. The standard InChI is InChI=1S/C17H19N5O4S.ClH/c1-26-17(25)9-4-7-27-16(9)22-6-3-12(15(22)24)19-14(23)13-10-8-18-5-2-11(10)20-21-13;/h4,7,12,18H,2-3,5-6,8H2,1H3,(H,19,23)(H,20,21);1H. The molecule has 9 nitrogen and oxygen atoms in total. The van der Waals surface area contributed by atoms with Crippen molar-refractivity contribution in [2.45, 2.75) is 25.4 Å². The number of carbonyl (C=O) groups is 3. The first-order valence-corrected chi connectivity index (χ1v) is 9.53. The summed E-state index contributed by atoms with van der Waals surface area (Å²) < 4.78 is 4.77. The van der Waals surface area contributed by atoms with E-state index in [1.54, 1.807) is 11.4 Å². The molecule has 1 atom stereocenters. The number of ether oxygens (including phenoxy) is 1. The number of H-pyrrole nitrogens is 1. The van der Waals surface area contributed by atoms with E-state index in [1.165, 1.54) is 23.3 Å². The Kier molecular flexibility index (Phi) is 6.01. The van der Waals surface area contributed by atoms with Crippen molar-refractivity contribution in [3.63, 3.8) is 0 Å². The molecule has 1 fully saturated rings. The van der Waals surface area contributed by atoms with Gasteiger partial charge in [-0.2, -0.15) is 5.10 Å². The number of aromatic amines is 1. The Balaban J connectivity index is 0.00000225. The highest BCUT2D eigenvalue weighted by molar-refractivity contribution is 7.14. The number of methoxy groups -OCH3 is 1. The summed E-state index contributed by atoms with van der Waals surface area (Å²) in [5.74, 6) is -1.09. The van der Waals surface area contributed by atoms with Gasteiger partial charge in [-0.1, -0.05) is 0 Å². The van der Waals surface area contributed by atoms with Gasteiger partial charge in [-0.15, -0.1) is 23.7 Å². The van der Waals surface area contributed by atoms with Gasteiger partial charge in [-0.05, 0) is 17.9 Å². The maximum Gasteiger partial charge on any atom is 0.340 e. The van der Waals surface area contributed by atoms with Gasteiger partial charge < -0.3 is 20.3 Å². The Morgan fingerprint density at radius 1 is 1.43 bits per heavy atom. The molecule has 0 radical (unpaired) electrons. The van der Waals surface area contributed by atoms with E-state index in [0.29, 0.717) is 35.8 Å². The number of hydrogen-bond acceptors (Lipinski definition) is 7. The molecule has 2 amide bonds. The van der Waals surface area contributed by atoms with Crippen LogP contribution in [0.3, 0.4) is 0 Å². The molecule has 1 unspecified atom stereocenters. The number of carbonyl (C=O) groups excluding carboxylic acids is 3. The topological polar surface area (TPSA) is 116 Å². The second-order valence-corrected chi connectivity index (χ2v) is 7.29. The third kappa shape index (κ3) is 3.50. The summed E-state index contributed by atoms with van der Waals surface area (Å²) >= 11 is 1.30. The molecule has 2 aromatic heterocycles. The minimum Gasteiger partial charge on any atom is -0.465 e. The number of anilines is 1. The summed E-state index contributed by atoms with van der Waals surface area (Å²) in [6.45, 7) is 1.85. The third-order valence-corrected chi connectivity index (χ3v) is 5.76. The Morgan fingerprint density at radius 3 is 3.04 bits per heavy atom. The molecule has 0 spiro atoms. The van der Waals surface area contributed by atoms with E-state index in [2.05, 4.69) is 20.8 Å². The summed E-state index contributed by atoms with van der Waals surface area (Å²) in [4.78, 5) is 38.8. The number of esters is 1. The van der Waals surface area contributed by atoms with Crippen LogP contribution in [0.4, 0.5) is 5.00 Å². The van der Waals surface area contributed by atoms with Crippen molar-refractivity contribution in [3.05, 3.63) is 34.0 Å². The molecular formula is C17H20ClN5O4S. The Bertz CT molecular complexity index is 911. The minimum atomic E-state index is -0.644. The van der Waals surface area contributed by atoms with Crippen LogP contribution in [0, 0.1) is 0 Å². The molecular weight excluding hydrogens is 406 g/mol. The number of nitrogens with one attached hydrogen (secondary N) is 3. The van der Waals surface area contributed by atoms with Gasteiger partial charge in [-0.3, -0.25) is 14.7 Å². The molecule has 1 saturated heterocycles. The fraction of sp³-hybridized carbons (Fsp3) is 0.412. The van der Waals surface area contributed by atoms with Crippen LogP contribution < -0.4 is 15.5 Å². The number of halogens is 1. The molecule has 0 saturated carbocycles. The molecule has 4 heterocycles. The zero-order valence-electron chi connectivity index (χ0n) is 15.1. The fourth-order valence-electron chi connectivity index (χ4n) is 3.43. The van der Waals surface area contributed by atoms with E-state index in [1.807, 2.05) is 0 Å². The summed E-state index contributed by atoms with van der Waals surface area (Å²) in [5.41, 5.74) is 2.50. The number of hydrogen-bond donors (Lipinski definition) is 3. The molecule has 2 aromatic rings. The minimum absolute atomic E-state index is 0. The van der Waals surface area contributed by atoms with Crippen LogP contribution in [0.15, 0.2) is 11.4 Å². The second-order valence-electron chi connectivity index (χ2n) is 6.39. The van der Waals surface area contributed by atoms with Crippen LogP contribution in [0.1, 0.15) is 38.5 Å². The van der Waals surface area contributed by atoms with E-state index in [4.69, 9.17) is 4.74 Å². The monoisotopic (exact) mass is 425 g/mol. The van der Waals surface area contributed by atoms with Crippen LogP contribution >= 0.6 is 23.7 Å². The molecule has 0 aromatic carbocycles. The van der Waals surface area contributed by atoms with Gasteiger partial charge in [0, 0.05) is 37.3 Å². The number of thiophene rings is 1. The molecule has 0 aliphatic carbocycles. The lowest BCUT2D eigenvalue weighted by Gasteiger charge is -2.17. The zero-order valence-corrected chi connectivity index (χ0v) is 16.7. The maximum absolute atomic E-state index is 12.8. The molecule has 0 bridgehead atoms. The fourth-order valence-corrected chi connectivity index (χ4v) is 4.35. The van der Waals surface area contributed by atoms with Crippen molar-refractivity contribution < 1.29 is 19.1 Å². The molecule has 2 aliphatic rings. The van der Waals surface area contributed by atoms with E-state index in [0.717, 1.165) is 24.2 Å². The van der Waals surface area contributed by atoms with Gasteiger partial charge in [0.2, 0.25) is 5.91 Å².